The Morgan fingerprint density at radius 3 is 0.858 bits per heavy atom. The van der Waals surface area contributed by atoms with Crippen molar-refractivity contribution in [1.29, 1.82) is 0 Å². The van der Waals surface area contributed by atoms with Gasteiger partial charge >= 0.3 is 39.5 Å². The molecule has 0 fully saturated rings. The number of unbranched alkanes of at least 4 members (excludes halogenated alkanes) is 26. The molecule has 0 saturated heterocycles. The summed E-state index contributed by atoms with van der Waals surface area (Å²) in [6.07, 6.45) is 89.9. The monoisotopic (exact) mass is 1530 g/mol. The Balaban J connectivity index is 5.49. The van der Waals surface area contributed by atoms with E-state index in [9.17, 15) is 43.2 Å². The van der Waals surface area contributed by atoms with E-state index in [1.165, 1.54) is 103 Å². The summed E-state index contributed by atoms with van der Waals surface area (Å²) in [7, 11) is -10.0. The minimum Gasteiger partial charge on any atom is -0.462 e. The third-order valence-corrected chi connectivity index (χ3v) is 18.7. The summed E-state index contributed by atoms with van der Waals surface area (Å²) in [5.41, 5.74) is 0. The summed E-state index contributed by atoms with van der Waals surface area (Å²) >= 11 is 0. The van der Waals surface area contributed by atoms with Gasteiger partial charge in [0.05, 0.1) is 26.4 Å². The van der Waals surface area contributed by atoms with Crippen LogP contribution < -0.4 is 0 Å². The summed E-state index contributed by atoms with van der Waals surface area (Å²) in [6, 6.07) is 0. The highest BCUT2D eigenvalue weighted by atomic mass is 31.2. The number of hydrogen-bond donors (Lipinski definition) is 3. The zero-order chi connectivity index (χ0) is 77.4. The van der Waals surface area contributed by atoms with E-state index in [2.05, 4.69) is 143 Å². The number of phosphoric acid groups is 2. The molecule has 0 aliphatic rings. The minimum absolute atomic E-state index is 0.00350. The highest BCUT2D eigenvalue weighted by Gasteiger charge is 2.30. The number of ether oxygens (including phenoxy) is 4. The molecule has 0 heterocycles. The number of esters is 4. The maximum Gasteiger partial charge on any atom is 0.472 e. The fourth-order valence-electron chi connectivity index (χ4n) is 10.6. The predicted molar refractivity (Wildman–Crippen MR) is 436 cm³/mol. The average molecular weight is 1530 g/mol. The van der Waals surface area contributed by atoms with E-state index in [4.69, 9.17) is 37.0 Å². The smallest absolute Gasteiger partial charge is 0.462 e. The van der Waals surface area contributed by atoms with Gasteiger partial charge < -0.3 is 33.8 Å². The van der Waals surface area contributed by atoms with E-state index >= 15 is 0 Å². The first-order valence-corrected chi connectivity index (χ1v) is 44.1. The Bertz CT molecular complexity index is 2580. The first-order chi connectivity index (χ1) is 51.7. The highest BCUT2D eigenvalue weighted by Crippen LogP contribution is 2.45. The van der Waals surface area contributed by atoms with Crippen molar-refractivity contribution < 1.29 is 80.2 Å². The molecule has 0 amide bonds. The van der Waals surface area contributed by atoms with Gasteiger partial charge in [0, 0.05) is 25.7 Å². The Kier molecular flexibility index (Phi) is 74.3. The maximum absolute atomic E-state index is 13.1. The number of carbonyl (C=O) groups is 4. The van der Waals surface area contributed by atoms with Crippen LogP contribution in [0.5, 0.6) is 0 Å². The van der Waals surface area contributed by atoms with Crippen LogP contribution >= 0.6 is 15.6 Å². The second-order valence-electron chi connectivity index (χ2n) is 27.0. The molecule has 0 radical (unpaired) electrons. The summed E-state index contributed by atoms with van der Waals surface area (Å²) in [5, 5.41) is 10.7. The molecule has 17 nitrogen and oxygen atoms in total. The Morgan fingerprint density at radius 2 is 0.519 bits per heavy atom. The summed E-state index contributed by atoms with van der Waals surface area (Å²) in [5.74, 6) is -2.35. The van der Waals surface area contributed by atoms with Gasteiger partial charge in [0.1, 0.15) is 19.3 Å². The zero-order valence-electron chi connectivity index (χ0n) is 66.3. The van der Waals surface area contributed by atoms with Crippen LogP contribution in [-0.4, -0.2) is 96.7 Å². The van der Waals surface area contributed by atoms with Crippen molar-refractivity contribution in [2.24, 2.45) is 0 Å². The molecule has 606 valence electrons. The summed E-state index contributed by atoms with van der Waals surface area (Å²) in [6.45, 7) is 4.51. The Labute approximate surface area is 643 Å². The van der Waals surface area contributed by atoms with Gasteiger partial charge in [-0.3, -0.25) is 37.3 Å². The van der Waals surface area contributed by atoms with Gasteiger partial charge in [0.15, 0.2) is 12.2 Å². The first-order valence-electron chi connectivity index (χ1n) is 41.1. The molecule has 5 atom stereocenters. The van der Waals surface area contributed by atoms with Gasteiger partial charge in [-0.25, -0.2) is 9.13 Å². The van der Waals surface area contributed by atoms with Gasteiger partial charge in [-0.05, 0) is 128 Å². The molecule has 106 heavy (non-hydrogen) atoms. The van der Waals surface area contributed by atoms with Gasteiger partial charge in [-0.15, -0.1) is 0 Å². The summed E-state index contributed by atoms with van der Waals surface area (Å²) in [4.78, 5) is 73.1. The predicted octanol–water partition coefficient (Wildman–Crippen LogP) is 24.2. The van der Waals surface area contributed by atoms with Crippen LogP contribution in [0, 0.1) is 0 Å². The van der Waals surface area contributed by atoms with Crippen molar-refractivity contribution in [3.63, 3.8) is 0 Å². The standard InChI is InChI=1S/C87H146O17P2/c1-5-9-13-17-21-25-29-33-37-39-40-42-45-48-52-56-60-64-68-72-85(90)98-78-83(104-87(92)74-70-66-62-58-54-50-46-41-38-34-30-26-22-18-14-10-6-2)80-102-106(95,96)100-76-81(88)75-99-105(93,94)101-79-82(103-86(91)73-69-65-61-57-53-49-44-36-32-28-24-20-16-12-8-4)77-97-84(89)71-67-63-59-55-51-47-43-35-31-27-23-19-15-11-7-3/h9-10,13-14,21-22,25-26,33-35,37-38,40,42-43,46,48,50,52,58,60,62,64,81-83,88H,5-8,11-12,15-20,23-24,27-32,36,39,41,44-45,47,49,51,53-57,59,61,63,65-80H2,1-4H3,(H,93,94)(H,95,96)/b13-9-,14-10-,25-21-,26-22-,37-33-,38-34-,42-40-,43-35-,50-46-,52-48-,62-58-,64-60-. The van der Waals surface area contributed by atoms with E-state index in [0.29, 0.717) is 38.5 Å². The van der Waals surface area contributed by atoms with Gasteiger partial charge in [-0.1, -0.05) is 315 Å². The van der Waals surface area contributed by atoms with E-state index in [1.807, 2.05) is 30.4 Å². The molecule has 0 aromatic heterocycles. The number of allylic oxidation sites excluding steroid dienone is 24. The molecule has 0 spiro atoms. The molecule has 19 heteroatoms. The van der Waals surface area contributed by atoms with E-state index in [1.54, 1.807) is 0 Å². The van der Waals surface area contributed by atoms with Crippen LogP contribution in [0.15, 0.2) is 146 Å². The highest BCUT2D eigenvalue weighted by molar-refractivity contribution is 7.47. The second kappa shape index (κ2) is 78.1. The number of aliphatic hydroxyl groups is 1. The molecule has 0 aliphatic carbocycles. The maximum atomic E-state index is 13.1. The van der Waals surface area contributed by atoms with Gasteiger partial charge in [0.25, 0.3) is 0 Å². The van der Waals surface area contributed by atoms with Crippen molar-refractivity contribution in [3.8, 4) is 0 Å². The van der Waals surface area contributed by atoms with Crippen molar-refractivity contribution in [3.05, 3.63) is 146 Å². The minimum atomic E-state index is -5.01. The Morgan fingerprint density at radius 1 is 0.274 bits per heavy atom. The fraction of sp³-hybridized carbons (Fsp3) is 0.678. The molecule has 5 unspecified atom stereocenters. The normalized spacial score (nSPS) is 14.6. The topological polar surface area (TPSA) is 237 Å². The van der Waals surface area contributed by atoms with Crippen LogP contribution in [-0.2, 0) is 65.4 Å². The summed E-state index contributed by atoms with van der Waals surface area (Å²) < 4.78 is 68.5. The SMILES string of the molecule is CC/C=C\C/C=C\C/C=C\C/C=C\C/C=C\C/C=C\CCC(=O)OCC(COP(=O)(O)OCC(O)COP(=O)(O)OCC(COC(=O)CCCCCCC/C=C\CCCCCCCC)OC(=O)CCCCCCCCCCCCCCCCC)OC(=O)CCC/C=C\C/C=C\C/C=C\C/C=C\C/C=C\CC. The van der Waals surface area contributed by atoms with Crippen LogP contribution in [0.3, 0.4) is 0 Å². The lowest BCUT2D eigenvalue weighted by Crippen LogP contribution is -2.30. The number of phosphoric ester groups is 2. The lowest BCUT2D eigenvalue weighted by molar-refractivity contribution is -0.161. The zero-order valence-corrected chi connectivity index (χ0v) is 68.1. The van der Waals surface area contributed by atoms with E-state index < -0.39 is 97.5 Å². The molecule has 0 rings (SSSR count). The van der Waals surface area contributed by atoms with Crippen LogP contribution in [0.25, 0.3) is 0 Å². The third-order valence-electron chi connectivity index (χ3n) is 16.8. The van der Waals surface area contributed by atoms with E-state index in [-0.39, 0.29) is 25.7 Å². The van der Waals surface area contributed by atoms with Crippen molar-refractivity contribution in [2.75, 3.05) is 39.6 Å². The molecule has 3 N–H and O–H groups in total. The molecule has 0 bridgehead atoms. The second-order valence-corrected chi connectivity index (χ2v) is 29.9. The lowest BCUT2D eigenvalue weighted by Gasteiger charge is -2.21. The largest absolute Gasteiger partial charge is 0.472 e. The molecule has 0 saturated carbocycles. The van der Waals surface area contributed by atoms with Crippen molar-refractivity contribution in [1.82, 2.24) is 0 Å². The van der Waals surface area contributed by atoms with Crippen molar-refractivity contribution >= 4 is 39.5 Å². The van der Waals surface area contributed by atoms with E-state index in [0.717, 1.165) is 128 Å². The average Bonchev–Trinajstić information content (AvgIpc) is 0.902. The molecular formula is C87H146O17P2. The molecule has 0 aromatic carbocycles. The first kappa shape index (κ1) is 101. The third kappa shape index (κ3) is 77.1. The molecule has 0 aliphatic heterocycles. The van der Waals surface area contributed by atoms with Crippen LogP contribution in [0.1, 0.15) is 323 Å². The Hall–Kier alpha value is -5.06. The number of aliphatic hydroxyl groups excluding tert-OH is 1. The lowest BCUT2D eigenvalue weighted by atomic mass is 10.0. The van der Waals surface area contributed by atoms with Gasteiger partial charge in [0.2, 0.25) is 0 Å². The number of hydrogen-bond acceptors (Lipinski definition) is 15. The molecule has 0 aromatic rings. The number of rotatable bonds is 76. The van der Waals surface area contributed by atoms with Crippen LogP contribution in [0.4, 0.5) is 0 Å². The fourth-order valence-corrected chi connectivity index (χ4v) is 12.2. The molecular weight excluding hydrogens is 1380 g/mol. The quantitative estimate of drug-likeness (QED) is 0.0169. The van der Waals surface area contributed by atoms with Crippen LogP contribution in [0.2, 0.25) is 0 Å². The van der Waals surface area contributed by atoms with Gasteiger partial charge in [-0.2, -0.15) is 0 Å². The number of carbonyl (C=O) groups excluding carboxylic acids is 4. The van der Waals surface area contributed by atoms with Crippen molar-refractivity contribution in [2.45, 2.75) is 341 Å².